The van der Waals surface area contributed by atoms with E-state index in [0.717, 1.165) is 11.1 Å². The van der Waals surface area contributed by atoms with Crippen LogP contribution in [-0.2, 0) is 30.9 Å². The molecule has 0 spiro atoms. The van der Waals surface area contributed by atoms with Gasteiger partial charge >= 0.3 is 5.97 Å². The number of ether oxygens (including phenoxy) is 2. The summed E-state index contributed by atoms with van der Waals surface area (Å²) < 4.78 is 10.2. The lowest BCUT2D eigenvalue weighted by Crippen LogP contribution is -2.45. The smallest absolute Gasteiger partial charge is 0.328 e. The Morgan fingerprint density at radius 1 is 0.964 bits per heavy atom. The van der Waals surface area contributed by atoms with Gasteiger partial charge in [-0.25, -0.2) is 4.79 Å². The SMILES string of the molecule is COC(=O)[C@H](Cc1ccc(C(C)(C)C)cc1)NC(=O)[C@@H](OC)c1ccccc1. The molecule has 2 aromatic carbocycles. The number of carbonyl (C=O) groups excluding carboxylic acids is 2. The highest BCUT2D eigenvalue weighted by molar-refractivity contribution is 5.87. The van der Waals surface area contributed by atoms with Crippen molar-refractivity contribution in [3.05, 3.63) is 71.3 Å². The summed E-state index contributed by atoms with van der Waals surface area (Å²) in [5.41, 5.74) is 2.92. The minimum Gasteiger partial charge on any atom is -0.467 e. The predicted molar refractivity (Wildman–Crippen MR) is 109 cm³/mol. The molecule has 28 heavy (non-hydrogen) atoms. The fraction of sp³-hybridized carbons (Fsp3) is 0.391. The summed E-state index contributed by atoms with van der Waals surface area (Å²) >= 11 is 0. The number of hydrogen-bond donors (Lipinski definition) is 1. The van der Waals surface area contributed by atoms with E-state index in [0.29, 0.717) is 6.42 Å². The molecule has 5 nitrogen and oxygen atoms in total. The molecule has 2 atom stereocenters. The van der Waals surface area contributed by atoms with E-state index >= 15 is 0 Å². The molecule has 0 aliphatic carbocycles. The van der Waals surface area contributed by atoms with Crippen LogP contribution in [0.3, 0.4) is 0 Å². The molecule has 150 valence electrons. The zero-order chi connectivity index (χ0) is 20.7. The van der Waals surface area contributed by atoms with Gasteiger partial charge in [-0.15, -0.1) is 0 Å². The van der Waals surface area contributed by atoms with Gasteiger partial charge in [0, 0.05) is 13.5 Å². The lowest BCUT2D eigenvalue weighted by molar-refractivity contribution is -0.146. The zero-order valence-corrected chi connectivity index (χ0v) is 17.2. The molecular weight excluding hydrogens is 354 g/mol. The van der Waals surface area contributed by atoms with E-state index in [1.807, 2.05) is 54.6 Å². The van der Waals surface area contributed by atoms with Gasteiger partial charge in [0.1, 0.15) is 6.04 Å². The van der Waals surface area contributed by atoms with Crippen molar-refractivity contribution in [1.82, 2.24) is 5.32 Å². The number of methoxy groups -OCH3 is 2. The summed E-state index contributed by atoms with van der Waals surface area (Å²) in [4.78, 5) is 25.0. The lowest BCUT2D eigenvalue weighted by Gasteiger charge is -2.22. The van der Waals surface area contributed by atoms with E-state index in [2.05, 4.69) is 26.1 Å². The van der Waals surface area contributed by atoms with Gasteiger partial charge in [0.05, 0.1) is 7.11 Å². The van der Waals surface area contributed by atoms with Crippen LogP contribution in [0.1, 0.15) is 43.6 Å². The van der Waals surface area contributed by atoms with E-state index in [-0.39, 0.29) is 11.3 Å². The average molecular weight is 383 g/mol. The minimum atomic E-state index is -0.795. The fourth-order valence-electron chi connectivity index (χ4n) is 2.98. The maximum absolute atomic E-state index is 12.7. The Hall–Kier alpha value is -2.66. The standard InChI is InChI=1S/C23H29NO4/c1-23(2,3)18-13-11-16(12-14-18)15-19(22(26)28-5)24-21(25)20(27-4)17-9-7-6-8-10-17/h6-14,19-20H,15H2,1-5H3,(H,24,25)/t19-,20-/m0/s1. The maximum Gasteiger partial charge on any atom is 0.328 e. The average Bonchev–Trinajstić information content (AvgIpc) is 2.68. The third-order valence-electron chi connectivity index (χ3n) is 4.64. The van der Waals surface area contributed by atoms with E-state index < -0.39 is 18.1 Å². The topological polar surface area (TPSA) is 64.6 Å². The van der Waals surface area contributed by atoms with Crippen LogP contribution in [0.5, 0.6) is 0 Å². The van der Waals surface area contributed by atoms with Gasteiger partial charge in [-0.2, -0.15) is 0 Å². The number of rotatable bonds is 7. The van der Waals surface area contributed by atoms with Gasteiger partial charge in [-0.1, -0.05) is 75.4 Å². The van der Waals surface area contributed by atoms with Crippen LogP contribution in [0.25, 0.3) is 0 Å². The Morgan fingerprint density at radius 2 is 1.57 bits per heavy atom. The summed E-state index contributed by atoms with van der Waals surface area (Å²) in [5.74, 6) is -0.869. The molecule has 1 amide bonds. The first-order valence-electron chi connectivity index (χ1n) is 9.31. The van der Waals surface area contributed by atoms with Gasteiger partial charge in [0.25, 0.3) is 5.91 Å². The Kier molecular flexibility index (Phi) is 7.35. The molecule has 0 fully saturated rings. The summed E-state index contributed by atoms with van der Waals surface area (Å²) in [6.45, 7) is 6.44. The van der Waals surface area contributed by atoms with Crippen molar-refractivity contribution in [1.29, 1.82) is 0 Å². The van der Waals surface area contributed by atoms with Crippen LogP contribution in [-0.4, -0.2) is 32.1 Å². The molecule has 0 saturated heterocycles. The second-order valence-electron chi connectivity index (χ2n) is 7.76. The molecule has 2 rings (SSSR count). The van der Waals surface area contributed by atoms with E-state index in [4.69, 9.17) is 9.47 Å². The van der Waals surface area contributed by atoms with Crippen molar-refractivity contribution in [2.75, 3.05) is 14.2 Å². The first-order chi connectivity index (χ1) is 13.3. The Morgan fingerprint density at radius 3 is 2.07 bits per heavy atom. The molecule has 0 unspecified atom stereocenters. The first-order valence-corrected chi connectivity index (χ1v) is 9.31. The predicted octanol–water partition coefficient (Wildman–Crippen LogP) is 3.57. The summed E-state index contributed by atoms with van der Waals surface area (Å²) in [7, 11) is 2.78. The van der Waals surface area contributed by atoms with Crippen LogP contribution in [0.4, 0.5) is 0 Å². The first kappa shape index (κ1) is 21.6. The molecule has 0 aliphatic heterocycles. The second-order valence-corrected chi connectivity index (χ2v) is 7.76. The van der Waals surface area contributed by atoms with Crippen LogP contribution >= 0.6 is 0 Å². The molecule has 0 radical (unpaired) electrons. The van der Waals surface area contributed by atoms with Gasteiger partial charge in [-0.05, 0) is 22.1 Å². The van der Waals surface area contributed by atoms with Crippen molar-refractivity contribution in [2.24, 2.45) is 0 Å². The van der Waals surface area contributed by atoms with Crippen LogP contribution in [0, 0.1) is 0 Å². The highest BCUT2D eigenvalue weighted by atomic mass is 16.5. The maximum atomic E-state index is 12.7. The second kappa shape index (κ2) is 9.51. The molecule has 0 saturated carbocycles. The summed E-state index contributed by atoms with van der Waals surface area (Å²) in [6, 6.07) is 16.4. The number of carbonyl (C=O) groups is 2. The van der Waals surface area contributed by atoms with Gasteiger partial charge in [-0.3, -0.25) is 4.79 Å². The number of hydrogen-bond acceptors (Lipinski definition) is 4. The Balaban J connectivity index is 2.15. The molecule has 2 aromatic rings. The van der Waals surface area contributed by atoms with Gasteiger partial charge < -0.3 is 14.8 Å². The van der Waals surface area contributed by atoms with Gasteiger partial charge in [0.2, 0.25) is 0 Å². The minimum absolute atomic E-state index is 0.0515. The van der Waals surface area contributed by atoms with Crippen molar-refractivity contribution in [3.8, 4) is 0 Å². The molecule has 0 aromatic heterocycles. The van der Waals surface area contributed by atoms with Crippen molar-refractivity contribution in [3.63, 3.8) is 0 Å². The number of esters is 1. The zero-order valence-electron chi connectivity index (χ0n) is 17.2. The van der Waals surface area contributed by atoms with Crippen LogP contribution < -0.4 is 5.32 Å². The molecule has 0 heterocycles. The summed E-state index contributed by atoms with van der Waals surface area (Å²) in [6.07, 6.45) is -0.453. The largest absolute Gasteiger partial charge is 0.467 e. The van der Waals surface area contributed by atoms with Crippen molar-refractivity contribution < 1.29 is 19.1 Å². The molecular formula is C23H29NO4. The number of benzene rings is 2. The molecule has 5 heteroatoms. The third-order valence-corrected chi connectivity index (χ3v) is 4.64. The summed E-state index contributed by atoms with van der Waals surface area (Å²) in [5, 5.41) is 2.77. The third kappa shape index (κ3) is 5.67. The van der Waals surface area contributed by atoms with Crippen molar-refractivity contribution in [2.45, 2.75) is 44.8 Å². The van der Waals surface area contributed by atoms with Crippen LogP contribution in [0.15, 0.2) is 54.6 Å². The Labute approximate surface area is 167 Å². The fourth-order valence-corrected chi connectivity index (χ4v) is 2.98. The normalized spacial score (nSPS) is 13.5. The Bertz CT molecular complexity index is 778. The highest BCUT2D eigenvalue weighted by Gasteiger charge is 2.27. The van der Waals surface area contributed by atoms with Gasteiger partial charge in [0.15, 0.2) is 6.10 Å². The lowest BCUT2D eigenvalue weighted by atomic mass is 9.86. The van der Waals surface area contributed by atoms with Crippen molar-refractivity contribution >= 4 is 11.9 Å². The molecule has 1 N–H and O–H groups in total. The van der Waals surface area contributed by atoms with Crippen LogP contribution in [0.2, 0.25) is 0 Å². The number of amides is 1. The monoisotopic (exact) mass is 383 g/mol. The quantitative estimate of drug-likeness (QED) is 0.743. The number of nitrogens with one attached hydrogen (secondary N) is 1. The molecule has 0 aliphatic rings. The van der Waals surface area contributed by atoms with E-state index in [1.165, 1.54) is 19.8 Å². The highest BCUT2D eigenvalue weighted by Crippen LogP contribution is 2.23. The molecule has 0 bridgehead atoms. The van der Waals surface area contributed by atoms with E-state index in [9.17, 15) is 9.59 Å². The van der Waals surface area contributed by atoms with E-state index in [1.54, 1.807) is 0 Å².